The minimum atomic E-state index is 0.418. The molecule has 2 N–H and O–H groups in total. The molecule has 3 unspecified atom stereocenters. The van der Waals surface area contributed by atoms with Crippen LogP contribution in [0, 0.1) is 11.3 Å². The first-order valence-electron chi connectivity index (χ1n) is 5.79. The van der Waals surface area contributed by atoms with Gasteiger partial charge in [-0.15, -0.1) is 0 Å². The molecule has 3 rings (SSSR count). The third-order valence-corrected chi connectivity index (χ3v) is 4.89. The summed E-state index contributed by atoms with van der Waals surface area (Å²) in [6.07, 6.45) is 4.85. The summed E-state index contributed by atoms with van der Waals surface area (Å²) in [5, 5.41) is 1.30. The molecule has 1 aromatic carbocycles. The van der Waals surface area contributed by atoms with Crippen LogP contribution in [-0.4, -0.2) is 6.04 Å². The number of fused-ring (bicyclic) bond motifs is 1. The van der Waals surface area contributed by atoms with Gasteiger partial charge in [-0.2, -0.15) is 0 Å². The Balaban J connectivity index is 1.78. The molecule has 0 radical (unpaired) electrons. The molecule has 0 saturated heterocycles. The second kappa shape index (κ2) is 3.63. The van der Waals surface area contributed by atoms with Gasteiger partial charge in [0.15, 0.2) is 0 Å². The molecule has 0 bridgehead atoms. The van der Waals surface area contributed by atoms with Crippen molar-refractivity contribution in [1.82, 2.24) is 0 Å². The first-order chi connectivity index (χ1) is 7.59. The van der Waals surface area contributed by atoms with Crippen LogP contribution in [-0.2, 0) is 6.42 Å². The lowest BCUT2D eigenvalue weighted by atomic mass is 9.93. The number of hydrogen-bond acceptors (Lipinski definition) is 1. The van der Waals surface area contributed by atoms with E-state index in [1.165, 1.54) is 24.8 Å². The summed E-state index contributed by atoms with van der Waals surface area (Å²) in [6.45, 7) is 0. The van der Waals surface area contributed by atoms with E-state index in [0.717, 1.165) is 12.3 Å². The van der Waals surface area contributed by atoms with E-state index in [1.54, 1.807) is 0 Å². The predicted molar refractivity (Wildman–Crippen MR) is 67.9 cm³/mol. The normalized spacial score (nSPS) is 36.2. The monoisotopic (exact) mass is 255 g/mol. The zero-order valence-electron chi connectivity index (χ0n) is 9.05. The second-order valence-corrected chi connectivity index (χ2v) is 6.20. The fourth-order valence-corrected chi connectivity index (χ4v) is 3.65. The van der Waals surface area contributed by atoms with Gasteiger partial charge < -0.3 is 5.73 Å². The maximum atomic E-state index is 6.03. The standard InChI is InChI=1S/C13H15Cl2N/c14-11-2-1-8(3-12(11)15)5-13-6-9(13)4-10(16)7-13/h1-3,9-10H,4-7,16H2. The van der Waals surface area contributed by atoms with Crippen LogP contribution in [0.4, 0.5) is 0 Å². The summed E-state index contributed by atoms with van der Waals surface area (Å²) >= 11 is 11.9. The average Bonchev–Trinajstić information content (AvgIpc) is 2.75. The highest BCUT2D eigenvalue weighted by molar-refractivity contribution is 6.42. The molecule has 0 aliphatic heterocycles. The molecule has 3 atom stereocenters. The van der Waals surface area contributed by atoms with Gasteiger partial charge in [-0.25, -0.2) is 0 Å². The van der Waals surface area contributed by atoms with E-state index >= 15 is 0 Å². The highest BCUT2D eigenvalue weighted by Gasteiger charge is 2.58. The van der Waals surface area contributed by atoms with Gasteiger partial charge in [0, 0.05) is 6.04 Å². The van der Waals surface area contributed by atoms with E-state index in [4.69, 9.17) is 28.9 Å². The summed E-state index contributed by atoms with van der Waals surface area (Å²) < 4.78 is 0. The molecule has 1 aromatic rings. The maximum Gasteiger partial charge on any atom is 0.0595 e. The molecule has 86 valence electrons. The number of halogens is 2. The Bertz CT molecular complexity index is 432. The van der Waals surface area contributed by atoms with Crippen molar-refractivity contribution < 1.29 is 0 Å². The van der Waals surface area contributed by atoms with Crippen molar-refractivity contribution in [3.8, 4) is 0 Å². The average molecular weight is 256 g/mol. The first kappa shape index (κ1) is 10.9. The first-order valence-corrected chi connectivity index (χ1v) is 6.54. The molecule has 2 saturated carbocycles. The highest BCUT2D eigenvalue weighted by atomic mass is 35.5. The summed E-state index contributed by atoms with van der Waals surface area (Å²) in [7, 11) is 0. The molecule has 2 fully saturated rings. The Morgan fingerprint density at radius 2 is 2.06 bits per heavy atom. The summed E-state index contributed by atoms with van der Waals surface area (Å²) in [5.74, 6) is 0.858. The lowest BCUT2D eigenvalue weighted by molar-refractivity contribution is 0.464. The van der Waals surface area contributed by atoms with E-state index in [2.05, 4.69) is 6.07 Å². The van der Waals surface area contributed by atoms with Crippen molar-refractivity contribution in [2.24, 2.45) is 17.1 Å². The summed E-state index contributed by atoms with van der Waals surface area (Å²) in [5.41, 5.74) is 7.80. The van der Waals surface area contributed by atoms with E-state index in [-0.39, 0.29) is 0 Å². The molecule has 2 aliphatic carbocycles. The van der Waals surface area contributed by atoms with Gasteiger partial charge in [-0.3, -0.25) is 0 Å². The van der Waals surface area contributed by atoms with Crippen molar-refractivity contribution in [2.75, 3.05) is 0 Å². The number of rotatable bonds is 2. The molecular weight excluding hydrogens is 241 g/mol. The van der Waals surface area contributed by atoms with Crippen LogP contribution in [0.2, 0.25) is 10.0 Å². The van der Waals surface area contributed by atoms with Crippen molar-refractivity contribution in [2.45, 2.75) is 31.7 Å². The van der Waals surface area contributed by atoms with E-state index in [1.807, 2.05) is 12.1 Å². The van der Waals surface area contributed by atoms with Gasteiger partial charge in [-0.1, -0.05) is 29.3 Å². The SMILES string of the molecule is NC1CC2CC2(Cc2ccc(Cl)c(Cl)c2)C1. The van der Waals surface area contributed by atoms with Gasteiger partial charge in [0.25, 0.3) is 0 Å². The molecule has 0 amide bonds. The second-order valence-electron chi connectivity index (χ2n) is 5.39. The van der Waals surface area contributed by atoms with E-state index < -0.39 is 0 Å². The lowest BCUT2D eigenvalue weighted by Crippen LogP contribution is -2.19. The van der Waals surface area contributed by atoms with Crippen molar-refractivity contribution in [3.05, 3.63) is 33.8 Å². The third-order valence-electron chi connectivity index (χ3n) is 4.16. The molecular formula is C13H15Cl2N. The fraction of sp³-hybridized carbons (Fsp3) is 0.538. The molecule has 3 heteroatoms. The highest BCUT2D eigenvalue weighted by Crippen LogP contribution is 2.64. The zero-order valence-corrected chi connectivity index (χ0v) is 10.6. The fourth-order valence-electron chi connectivity index (χ4n) is 3.33. The zero-order chi connectivity index (χ0) is 11.3. The van der Waals surface area contributed by atoms with Crippen LogP contribution in [0.1, 0.15) is 24.8 Å². The predicted octanol–water partition coefficient (Wildman–Crippen LogP) is 3.66. The third kappa shape index (κ3) is 1.75. The van der Waals surface area contributed by atoms with Crippen LogP contribution in [0.3, 0.4) is 0 Å². The molecule has 0 heterocycles. The van der Waals surface area contributed by atoms with E-state index in [9.17, 15) is 0 Å². The molecule has 16 heavy (non-hydrogen) atoms. The lowest BCUT2D eigenvalue weighted by Gasteiger charge is -2.14. The number of benzene rings is 1. The van der Waals surface area contributed by atoms with Gasteiger partial charge in [0.2, 0.25) is 0 Å². The maximum absolute atomic E-state index is 6.03. The van der Waals surface area contributed by atoms with Gasteiger partial charge in [0.1, 0.15) is 0 Å². The van der Waals surface area contributed by atoms with Crippen molar-refractivity contribution >= 4 is 23.2 Å². The van der Waals surface area contributed by atoms with Crippen molar-refractivity contribution in [1.29, 1.82) is 0 Å². The van der Waals surface area contributed by atoms with Crippen LogP contribution < -0.4 is 5.73 Å². The summed E-state index contributed by atoms with van der Waals surface area (Å²) in [4.78, 5) is 0. The van der Waals surface area contributed by atoms with Crippen molar-refractivity contribution in [3.63, 3.8) is 0 Å². The molecule has 1 nitrogen and oxygen atoms in total. The number of nitrogens with two attached hydrogens (primary N) is 1. The minimum Gasteiger partial charge on any atom is -0.328 e. The molecule has 0 spiro atoms. The van der Waals surface area contributed by atoms with Gasteiger partial charge in [-0.05, 0) is 54.7 Å². The van der Waals surface area contributed by atoms with E-state index in [0.29, 0.717) is 21.5 Å². The Kier molecular flexibility index (Phi) is 2.47. The smallest absolute Gasteiger partial charge is 0.0595 e. The topological polar surface area (TPSA) is 26.0 Å². The number of hydrogen-bond donors (Lipinski definition) is 1. The molecule has 2 aliphatic rings. The largest absolute Gasteiger partial charge is 0.328 e. The van der Waals surface area contributed by atoms with Crippen LogP contribution >= 0.6 is 23.2 Å². The van der Waals surface area contributed by atoms with Gasteiger partial charge in [0.05, 0.1) is 10.0 Å². The van der Waals surface area contributed by atoms with Crippen LogP contribution in [0.5, 0.6) is 0 Å². The Morgan fingerprint density at radius 1 is 1.25 bits per heavy atom. The van der Waals surface area contributed by atoms with Gasteiger partial charge >= 0.3 is 0 Å². The quantitative estimate of drug-likeness (QED) is 0.858. The molecule has 0 aromatic heterocycles. The van der Waals surface area contributed by atoms with Crippen LogP contribution in [0.15, 0.2) is 18.2 Å². The summed E-state index contributed by atoms with van der Waals surface area (Å²) in [6, 6.07) is 6.39. The minimum absolute atomic E-state index is 0.418. The van der Waals surface area contributed by atoms with Crippen LogP contribution in [0.25, 0.3) is 0 Å². The Hall–Kier alpha value is -0.240. The Labute approximate surface area is 106 Å². The Morgan fingerprint density at radius 3 is 2.69 bits per heavy atom.